The number of rotatable bonds is 5. The summed E-state index contributed by atoms with van der Waals surface area (Å²) in [4.78, 5) is 0. The molecule has 0 heterocycles. The molecule has 1 atom stereocenters. The minimum Gasteiger partial charge on any atom is -0.324 e. The Kier molecular flexibility index (Phi) is 4.94. The molecule has 0 fully saturated rings. The van der Waals surface area contributed by atoms with Crippen LogP contribution in [0.1, 0.15) is 30.0 Å². The number of halogens is 2. The molecule has 0 bridgehead atoms. The highest BCUT2D eigenvalue weighted by Gasteiger charge is 2.07. The second-order valence-electron chi connectivity index (χ2n) is 4.65. The summed E-state index contributed by atoms with van der Waals surface area (Å²) in [7, 11) is 0. The van der Waals surface area contributed by atoms with Crippen LogP contribution in [-0.2, 0) is 6.42 Å². The number of hydrogen-bond donors (Lipinski definition) is 1. The van der Waals surface area contributed by atoms with Crippen LogP contribution in [0.2, 0.25) is 5.02 Å². The zero-order valence-corrected chi connectivity index (χ0v) is 11.4. The predicted octanol–water partition coefficient (Wildman–Crippen LogP) is 4.50. The van der Waals surface area contributed by atoms with Crippen molar-refractivity contribution in [1.29, 1.82) is 0 Å². The second-order valence-corrected chi connectivity index (χ2v) is 5.08. The van der Waals surface area contributed by atoms with Gasteiger partial charge in [0.05, 0.1) is 0 Å². The van der Waals surface area contributed by atoms with Crippen molar-refractivity contribution in [2.24, 2.45) is 5.73 Å². The monoisotopic (exact) mass is 277 g/mol. The SMILES string of the molecule is NC(CCCc1ccc(Cl)cc1F)c1ccccc1. The lowest BCUT2D eigenvalue weighted by Gasteiger charge is -2.12. The van der Waals surface area contributed by atoms with Crippen molar-refractivity contribution in [2.75, 3.05) is 0 Å². The van der Waals surface area contributed by atoms with Gasteiger partial charge in [-0.05, 0) is 42.5 Å². The quantitative estimate of drug-likeness (QED) is 0.855. The molecule has 0 spiro atoms. The summed E-state index contributed by atoms with van der Waals surface area (Å²) in [5.41, 5.74) is 7.93. The molecule has 0 aliphatic carbocycles. The van der Waals surface area contributed by atoms with Crippen LogP contribution in [0.5, 0.6) is 0 Å². The lowest BCUT2D eigenvalue weighted by molar-refractivity contribution is 0.578. The fraction of sp³-hybridized carbons (Fsp3) is 0.250. The van der Waals surface area contributed by atoms with Gasteiger partial charge in [0.15, 0.2) is 0 Å². The van der Waals surface area contributed by atoms with Crippen molar-refractivity contribution in [3.63, 3.8) is 0 Å². The summed E-state index contributed by atoms with van der Waals surface area (Å²) in [5, 5.41) is 0.433. The highest BCUT2D eigenvalue weighted by atomic mass is 35.5. The van der Waals surface area contributed by atoms with Gasteiger partial charge in [0.2, 0.25) is 0 Å². The van der Waals surface area contributed by atoms with Crippen LogP contribution in [0.3, 0.4) is 0 Å². The van der Waals surface area contributed by atoms with Gasteiger partial charge in [-0.15, -0.1) is 0 Å². The third-order valence-electron chi connectivity index (χ3n) is 3.20. The van der Waals surface area contributed by atoms with E-state index in [0.717, 1.165) is 18.4 Å². The van der Waals surface area contributed by atoms with E-state index in [4.69, 9.17) is 17.3 Å². The lowest BCUT2D eigenvalue weighted by Crippen LogP contribution is -2.10. The molecule has 2 N–H and O–H groups in total. The van der Waals surface area contributed by atoms with Crippen LogP contribution < -0.4 is 5.73 Å². The van der Waals surface area contributed by atoms with E-state index in [1.807, 2.05) is 30.3 Å². The van der Waals surface area contributed by atoms with Crippen molar-refractivity contribution in [1.82, 2.24) is 0 Å². The van der Waals surface area contributed by atoms with E-state index in [0.29, 0.717) is 17.0 Å². The summed E-state index contributed by atoms with van der Waals surface area (Å²) < 4.78 is 13.6. The van der Waals surface area contributed by atoms with Gasteiger partial charge >= 0.3 is 0 Å². The molecule has 2 aromatic rings. The van der Waals surface area contributed by atoms with Crippen LogP contribution in [-0.4, -0.2) is 0 Å². The summed E-state index contributed by atoms with van der Waals surface area (Å²) in [6, 6.07) is 14.8. The molecule has 3 heteroatoms. The summed E-state index contributed by atoms with van der Waals surface area (Å²) in [6.45, 7) is 0. The van der Waals surface area contributed by atoms with Gasteiger partial charge in [0.25, 0.3) is 0 Å². The molecule has 1 unspecified atom stereocenters. The Morgan fingerprint density at radius 1 is 1.11 bits per heavy atom. The normalized spacial score (nSPS) is 12.4. The summed E-state index contributed by atoms with van der Waals surface area (Å²) in [5.74, 6) is -0.235. The Labute approximate surface area is 118 Å². The van der Waals surface area contributed by atoms with Gasteiger partial charge in [-0.3, -0.25) is 0 Å². The van der Waals surface area contributed by atoms with Crippen LogP contribution in [0.25, 0.3) is 0 Å². The van der Waals surface area contributed by atoms with Gasteiger partial charge in [-0.1, -0.05) is 48.0 Å². The second kappa shape index (κ2) is 6.69. The van der Waals surface area contributed by atoms with Crippen LogP contribution in [0.4, 0.5) is 4.39 Å². The maximum absolute atomic E-state index is 13.6. The number of nitrogens with two attached hydrogens (primary N) is 1. The van der Waals surface area contributed by atoms with Crippen molar-refractivity contribution < 1.29 is 4.39 Å². The third-order valence-corrected chi connectivity index (χ3v) is 3.44. The number of benzene rings is 2. The van der Waals surface area contributed by atoms with E-state index in [-0.39, 0.29) is 11.9 Å². The summed E-state index contributed by atoms with van der Waals surface area (Å²) >= 11 is 5.72. The first-order valence-corrected chi connectivity index (χ1v) is 6.79. The standard InChI is InChI=1S/C16H17ClFN/c17-14-10-9-12(15(18)11-14)7-4-8-16(19)13-5-2-1-3-6-13/h1-3,5-6,9-11,16H,4,7-8,19H2. The van der Waals surface area contributed by atoms with E-state index >= 15 is 0 Å². The van der Waals surface area contributed by atoms with Gasteiger partial charge in [-0.2, -0.15) is 0 Å². The average molecular weight is 278 g/mol. The fourth-order valence-electron chi connectivity index (χ4n) is 2.10. The molecule has 1 nitrogen and oxygen atoms in total. The van der Waals surface area contributed by atoms with E-state index in [2.05, 4.69) is 0 Å². The Bertz CT molecular complexity index is 528. The molecule has 0 saturated carbocycles. The molecule has 0 aromatic heterocycles. The van der Waals surface area contributed by atoms with Gasteiger partial charge in [0.1, 0.15) is 5.82 Å². The first-order chi connectivity index (χ1) is 9.16. The number of aryl methyl sites for hydroxylation is 1. The molecular weight excluding hydrogens is 261 g/mol. The van der Waals surface area contributed by atoms with Crippen molar-refractivity contribution in [3.05, 3.63) is 70.5 Å². The topological polar surface area (TPSA) is 26.0 Å². The van der Waals surface area contributed by atoms with Crippen LogP contribution >= 0.6 is 11.6 Å². The highest BCUT2D eigenvalue weighted by Crippen LogP contribution is 2.20. The summed E-state index contributed by atoms with van der Waals surface area (Å²) in [6.07, 6.45) is 2.38. The van der Waals surface area contributed by atoms with E-state index in [1.54, 1.807) is 12.1 Å². The maximum Gasteiger partial charge on any atom is 0.127 e. The first kappa shape index (κ1) is 14.0. The largest absolute Gasteiger partial charge is 0.324 e. The van der Waals surface area contributed by atoms with Gasteiger partial charge < -0.3 is 5.73 Å². The van der Waals surface area contributed by atoms with E-state index in [1.165, 1.54) is 6.07 Å². The predicted molar refractivity (Wildman–Crippen MR) is 77.7 cm³/mol. The fourth-order valence-corrected chi connectivity index (χ4v) is 2.26. The highest BCUT2D eigenvalue weighted by molar-refractivity contribution is 6.30. The molecule has 0 aliphatic heterocycles. The molecule has 19 heavy (non-hydrogen) atoms. The number of hydrogen-bond acceptors (Lipinski definition) is 1. The zero-order valence-electron chi connectivity index (χ0n) is 10.7. The Balaban J connectivity index is 1.86. The van der Waals surface area contributed by atoms with Crippen molar-refractivity contribution in [2.45, 2.75) is 25.3 Å². The minimum absolute atomic E-state index is 0.0107. The molecule has 0 aliphatic rings. The van der Waals surface area contributed by atoms with Crippen LogP contribution in [0.15, 0.2) is 48.5 Å². The molecule has 100 valence electrons. The van der Waals surface area contributed by atoms with Gasteiger partial charge in [-0.25, -0.2) is 4.39 Å². The molecular formula is C16H17ClFN. The van der Waals surface area contributed by atoms with Crippen molar-refractivity contribution in [3.8, 4) is 0 Å². The van der Waals surface area contributed by atoms with E-state index < -0.39 is 0 Å². The van der Waals surface area contributed by atoms with E-state index in [9.17, 15) is 4.39 Å². The third kappa shape index (κ3) is 4.05. The first-order valence-electron chi connectivity index (χ1n) is 6.41. The minimum atomic E-state index is -0.235. The zero-order chi connectivity index (χ0) is 13.7. The Morgan fingerprint density at radius 3 is 2.53 bits per heavy atom. The Morgan fingerprint density at radius 2 is 1.84 bits per heavy atom. The average Bonchev–Trinajstić information content (AvgIpc) is 2.42. The van der Waals surface area contributed by atoms with Crippen LogP contribution in [0, 0.1) is 5.82 Å². The molecule has 2 rings (SSSR count). The molecule has 0 radical (unpaired) electrons. The molecule has 2 aromatic carbocycles. The van der Waals surface area contributed by atoms with Crippen molar-refractivity contribution >= 4 is 11.6 Å². The smallest absolute Gasteiger partial charge is 0.127 e. The molecule has 0 amide bonds. The molecule has 0 saturated heterocycles. The Hall–Kier alpha value is -1.38. The van der Waals surface area contributed by atoms with Gasteiger partial charge in [0, 0.05) is 11.1 Å². The maximum atomic E-state index is 13.6. The lowest BCUT2D eigenvalue weighted by atomic mass is 10.00.